The van der Waals surface area contributed by atoms with Gasteiger partial charge in [0.25, 0.3) is 0 Å². The fraction of sp³-hybridized carbons (Fsp3) is 0.0417. The molecule has 0 N–H and O–H groups in total. The van der Waals surface area contributed by atoms with E-state index in [1.165, 1.54) is 82.1 Å². The Morgan fingerprint density at radius 2 is 0.960 bits per heavy atom. The predicted octanol–water partition coefficient (Wildman–Crippen LogP) is 13.4. The van der Waals surface area contributed by atoms with Gasteiger partial charge in [-0.05, 0) is 118 Å². The first kappa shape index (κ1) is 28.6. The molecule has 0 bridgehead atoms. The van der Waals surface area contributed by atoms with E-state index in [-0.39, 0.29) is 0 Å². The van der Waals surface area contributed by atoms with Gasteiger partial charge in [-0.3, -0.25) is 0 Å². The summed E-state index contributed by atoms with van der Waals surface area (Å²) in [6.45, 7) is 4.27. The Hall–Kier alpha value is -6.38. The Morgan fingerprint density at radius 1 is 0.400 bits per heavy atom. The van der Waals surface area contributed by atoms with Crippen LogP contribution >= 0.6 is 0 Å². The molecule has 2 heteroatoms. The van der Waals surface area contributed by atoms with Gasteiger partial charge in [-0.2, -0.15) is 0 Å². The lowest BCUT2D eigenvalue weighted by molar-refractivity contribution is 1.18. The van der Waals surface area contributed by atoms with E-state index in [2.05, 4.69) is 193 Å². The molecule has 0 saturated heterocycles. The average molecular weight is 639 g/mol. The maximum atomic E-state index is 2.42. The number of fused-ring (bicyclic) bond motifs is 4. The van der Waals surface area contributed by atoms with E-state index >= 15 is 0 Å². The van der Waals surface area contributed by atoms with Crippen LogP contribution in [0.2, 0.25) is 0 Å². The van der Waals surface area contributed by atoms with Crippen molar-refractivity contribution in [3.8, 4) is 16.8 Å². The van der Waals surface area contributed by atoms with Crippen molar-refractivity contribution in [1.82, 2.24) is 4.57 Å². The minimum Gasteiger partial charge on any atom is -0.311 e. The molecule has 0 saturated carbocycles. The number of nitrogens with zero attached hydrogens (tertiary/aromatic N) is 2. The monoisotopic (exact) mass is 638 g/mol. The van der Waals surface area contributed by atoms with Crippen LogP contribution in [0.25, 0.3) is 70.9 Å². The van der Waals surface area contributed by atoms with Crippen LogP contribution in [0.3, 0.4) is 0 Å². The van der Waals surface area contributed by atoms with Crippen LogP contribution in [0.15, 0.2) is 170 Å². The van der Waals surface area contributed by atoms with E-state index < -0.39 is 0 Å². The van der Waals surface area contributed by atoms with Crippen LogP contribution in [0, 0.1) is 13.8 Å². The summed E-state index contributed by atoms with van der Waals surface area (Å²) in [7, 11) is 0. The van der Waals surface area contributed by atoms with Crippen molar-refractivity contribution >= 4 is 71.2 Å². The van der Waals surface area contributed by atoms with Gasteiger partial charge in [0.05, 0.1) is 11.0 Å². The lowest BCUT2D eigenvalue weighted by atomic mass is 9.88. The molecule has 1 aromatic heterocycles. The Morgan fingerprint density at radius 3 is 1.66 bits per heavy atom. The number of para-hydroxylation sites is 2. The van der Waals surface area contributed by atoms with Crippen LogP contribution in [-0.2, 0) is 0 Å². The highest BCUT2D eigenvalue weighted by atomic mass is 15.1. The SMILES string of the molecule is Cc1ccc(N(c2ccc(C)cc2)c2ccc(-c3ccc4ccc5cc6c(c7ccc3c4c57)c3ccccc3n6-c3ccccc3)cc2)cc1. The number of hydrogen-bond acceptors (Lipinski definition) is 1. The second kappa shape index (κ2) is 11.1. The Bertz CT molecular complexity index is 2800. The molecule has 10 rings (SSSR count). The van der Waals surface area contributed by atoms with Gasteiger partial charge in [-0.25, -0.2) is 0 Å². The molecule has 1 heterocycles. The summed E-state index contributed by atoms with van der Waals surface area (Å²) < 4.78 is 2.42. The molecule has 10 aromatic rings. The minimum atomic E-state index is 1.14. The van der Waals surface area contributed by atoms with E-state index in [1.807, 2.05) is 0 Å². The van der Waals surface area contributed by atoms with E-state index in [9.17, 15) is 0 Å². The second-order valence-corrected chi connectivity index (χ2v) is 13.5. The molecule has 0 aliphatic rings. The van der Waals surface area contributed by atoms with Gasteiger partial charge >= 0.3 is 0 Å². The molecule has 0 radical (unpaired) electrons. The summed E-state index contributed by atoms with van der Waals surface area (Å²) in [4.78, 5) is 2.34. The maximum absolute atomic E-state index is 2.42. The molecule has 0 aliphatic heterocycles. The zero-order valence-electron chi connectivity index (χ0n) is 28.1. The molecule has 0 unspecified atom stereocenters. The van der Waals surface area contributed by atoms with Crippen molar-refractivity contribution in [1.29, 1.82) is 0 Å². The van der Waals surface area contributed by atoms with Gasteiger partial charge in [0.1, 0.15) is 0 Å². The van der Waals surface area contributed by atoms with Crippen molar-refractivity contribution in [2.75, 3.05) is 4.90 Å². The van der Waals surface area contributed by atoms with Crippen LogP contribution in [0.1, 0.15) is 11.1 Å². The number of rotatable bonds is 5. The molecule has 0 amide bonds. The fourth-order valence-corrected chi connectivity index (χ4v) is 8.06. The number of aromatic nitrogens is 1. The lowest BCUT2D eigenvalue weighted by Crippen LogP contribution is -2.09. The summed E-state index contributed by atoms with van der Waals surface area (Å²) in [5, 5.41) is 10.4. The van der Waals surface area contributed by atoms with Gasteiger partial charge in [-0.1, -0.05) is 120 Å². The summed E-state index contributed by atoms with van der Waals surface area (Å²) in [6, 6.07) is 62.5. The van der Waals surface area contributed by atoms with E-state index in [0.717, 1.165) is 17.1 Å². The first-order valence-corrected chi connectivity index (χ1v) is 17.4. The number of anilines is 3. The number of benzene rings is 9. The van der Waals surface area contributed by atoms with Crippen molar-refractivity contribution in [2.45, 2.75) is 13.8 Å². The highest BCUT2D eigenvalue weighted by Gasteiger charge is 2.20. The largest absolute Gasteiger partial charge is 0.311 e. The predicted molar refractivity (Wildman–Crippen MR) is 214 cm³/mol. The molecular formula is C48H34N2. The summed E-state index contributed by atoms with van der Waals surface area (Å²) >= 11 is 0. The van der Waals surface area contributed by atoms with Crippen LogP contribution in [-0.4, -0.2) is 4.57 Å². The molecule has 0 spiro atoms. The molecular weight excluding hydrogens is 605 g/mol. The molecule has 0 fully saturated rings. The van der Waals surface area contributed by atoms with Crippen molar-refractivity contribution < 1.29 is 0 Å². The van der Waals surface area contributed by atoms with Crippen LogP contribution < -0.4 is 4.90 Å². The van der Waals surface area contributed by atoms with Gasteiger partial charge in [-0.15, -0.1) is 0 Å². The van der Waals surface area contributed by atoms with Crippen LogP contribution in [0.4, 0.5) is 17.1 Å². The molecule has 236 valence electrons. The molecule has 9 aromatic carbocycles. The van der Waals surface area contributed by atoms with Gasteiger partial charge in [0.2, 0.25) is 0 Å². The van der Waals surface area contributed by atoms with E-state index in [1.54, 1.807) is 0 Å². The third-order valence-electron chi connectivity index (χ3n) is 10.5. The lowest BCUT2D eigenvalue weighted by Gasteiger charge is -2.26. The Kier molecular flexibility index (Phi) is 6.34. The summed E-state index contributed by atoms with van der Waals surface area (Å²) in [5.74, 6) is 0. The van der Waals surface area contributed by atoms with E-state index in [4.69, 9.17) is 0 Å². The Labute approximate surface area is 291 Å². The summed E-state index contributed by atoms with van der Waals surface area (Å²) in [6.07, 6.45) is 0. The topological polar surface area (TPSA) is 8.17 Å². The first-order chi connectivity index (χ1) is 24.6. The Balaban J connectivity index is 1.16. The fourth-order valence-electron chi connectivity index (χ4n) is 8.06. The average Bonchev–Trinajstić information content (AvgIpc) is 3.50. The van der Waals surface area contributed by atoms with Crippen molar-refractivity contribution in [2.24, 2.45) is 0 Å². The normalized spacial score (nSPS) is 11.8. The van der Waals surface area contributed by atoms with Crippen LogP contribution in [0.5, 0.6) is 0 Å². The van der Waals surface area contributed by atoms with Gasteiger partial charge < -0.3 is 9.47 Å². The maximum Gasteiger partial charge on any atom is 0.0553 e. The van der Waals surface area contributed by atoms with Crippen molar-refractivity contribution in [3.63, 3.8) is 0 Å². The van der Waals surface area contributed by atoms with Gasteiger partial charge in [0, 0.05) is 33.5 Å². The number of aryl methyl sites for hydroxylation is 2. The zero-order valence-corrected chi connectivity index (χ0v) is 28.1. The van der Waals surface area contributed by atoms with E-state index in [0.29, 0.717) is 0 Å². The second-order valence-electron chi connectivity index (χ2n) is 13.5. The standard InChI is InChI=1S/C48H34N2/c1-31-12-21-37(22-13-31)49(38-23-14-32(2)15-24-38)39-25-18-33(19-26-39)40-27-20-34-16-17-35-30-45-48(43-29-28-41(40)46(34)47(35)43)42-10-6-7-11-44(42)50(45)36-8-4-3-5-9-36/h3-30H,1-2H3. The first-order valence-electron chi connectivity index (χ1n) is 17.4. The smallest absolute Gasteiger partial charge is 0.0553 e. The highest BCUT2D eigenvalue weighted by molar-refractivity contribution is 6.34. The number of hydrogen-bond donors (Lipinski definition) is 0. The minimum absolute atomic E-state index is 1.14. The van der Waals surface area contributed by atoms with Gasteiger partial charge in [0.15, 0.2) is 0 Å². The molecule has 0 aliphatic carbocycles. The third kappa shape index (κ3) is 4.35. The third-order valence-corrected chi connectivity index (χ3v) is 10.5. The zero-order chi connectivity index (χ0) is 33.3. The highest BCUT2D eigenvalue weighted by Crippen LogP contribution is 2.45. The molecule has 0 atom stereocenters. The molecule has 50 heavy (non-hydrogen) atoms. The quantitative estimate of drug-likeness (QED) is 0.170. The molecule has 2 nitrogen and oxygen atoms in total. The van der Waals surface area contributed by atoms with Crippen molar-refractivity contribution in [3.05, 3.63) is 181 Å². The summed E-state index contributed by atoms with van der Waals surface area (Å²) in [5.41, 5.74) is 12.1.